The molecule has 1 aromatic carbocycles. The van der Waals surface area contributed by atoms with Crippen molar-refractivity contribution in [2.75, 3.05) is 6.54 Å². The van der Waals surface area contributed by atoms with Gasteiger partial charge in [0.2, 0.25) is 5.91 Å². The molecule has 2 aromatic rings. The van der Waals surface area contributed by atoms with Crippen molar-refractivity contribution in [3.05, 3.63) is 40.8 Å². The van der Waals surface area contributed by atoms with Crippen molar-refractivity contribution < 1.29 is 4.79 Å². The molecule has 0 unspecified atom stereocenters. The Morgan fingerprint density at radius 3 is 2.83 bits per heavy atom. The van der Waals surface area contributed by atoms with E-state index in [0.29, 0.717) is 12.0 Å². The van der Waals surface area contributed by atoms with E-state index in [1.165, 1.54) is 31.9 Å². The number of nitrogens with zero attached hydrogens (tertiary/aromatic N) is 3. The van der Waals surface area contributed by atoms with E-state index in [1.807, 2.05) is 24.3 Å². The van der Waals surface area contributed by atoms with Gasteiger partial charge in [-0.1, -0.05) is 25.0 Å². The molecular formula is C19H23N3O2. The van der Waals surface area contributed by atoms with Crippen molar-refractivity contribution >= 4 is 16.9 Å². The van der Waals surface area contributed by atoms with Gasteiger partial charge in [-0.2, -0.15) is 0 Å². The highest BCUT2D eigenvalue weighted by molar-refractivity contribution is 5.80. The van der Waals surface area contributed by atoms with Crippen molar-refractivity contribution in [1.29, 1.82) is 0 Å². The summed E-state index contributed by atoms with van der Waals surface area (Å²) in [6.45, 7) is 0.947. The number of para-hydroxylation sites is 2. The maximum Gasteiger partial charge on any atom is 0.269 e. The molecule has 5 heteroatoms. The number of hydrogen-bond acceptors (Lipinski definition) is 3. The summed E-state index contributed by atoms with van der Waals surface area (Å²) < 4.78 is 1.57. The average Bonchev–Trinajstić information content (AvgIpc) is 2.63. The van der Waals surface area contributed by atoms with Crippen LogP contribution in [0.15, 0.2) is 35.3 Å². The van der Waals surface area contributed by atoms with E-state index < -0.39 is 0 Å². The number of carbonyl (C=O) groups excluding carboxylic acids is 1. The first-order valence-corrected chi connectivity index (χ1v) is 8.98. The van der Waals surface area contributed by atoms with Crippen molar-refractivity contribution in [1.82, 2.24) is 14.5 Å². The van der Waals surface area contributed by atoms with E-state index in [-0.39, 0.29) is 18.0 Å². The summed E-state index contributed by atoms with van der Waals surface area (Å²) in [7, 11) is 0. The lowest BCUT2D eigenvalue weighted by molar-refractivity contribution is -0.138. The molecule has 0 N–H and O–H groups in total. The molecule has 126 valence electrons. The van der Waals surface area contributed by atoms with E-state index in [9.17, 15) is 9.59 Å². The summed E-state index contributed by atoms with van der Waals surface area (Å²) in [5.41, 5.74) is 1.27. The molecule has 1 aromatic heterocycles. The first kappa shape index (κ1) is 15.4. The number of rotatable bonds is 2. The summed E-state index contributed by atoms with van der Waals surface area (Å²) in [5.74, 6) is 0.729. The van der Waals surface area contributed by atoms with Crippen LogP contribution in [0.5, 0.6) is 0 Å². The first-order chi connectivity index (χ1) is 11.7. The molecule has 4 rings (SSSR count). The highest BCUT2D eigenvalue weighted by Crippen LogP contribution is 2.35. The number of carbonyl (C=O) groups is 1. The fourth-order valence-electron chi connectivity index (χ4n) is 4.44. The van der Waals surface area contributed by atoms with Crippen LogP contribution in [0.2, 0.25) is 0 Å². The number of piperidine rings is 1. The van der Waals surface area contributed by atoms with Crippen LogP contribution in [0.4, 0.5) is 0 Å². The maximum atomic E-state index is 13.0. The Morgan fingerprint density at radius 1 is 1.12 bits per heavy atom. The van der Waals surface area contributed by atoms with Crippen LogP contribution in [0.3, 0.4) is 0 Å². The Hall–Kier alpha value is -2.17. The van der Waals surface area contributed by atoms with Gasteiger partial charge in [0.05, 0.1) is 17.2 Å². The molecule has 1 saturated carbocycles. The zero-order valence-corrected chi connectivity index (χ0v) is 13.9. The molecular weight excluding hydrogens is 302 g/mol. The highest BCUT2D eigenvalue weighted by Gasteiger charge is 2.35. The minimum Gasteiger partial charge on any atom is -0.338 e. The predicted octanol–water partition coefficient (Wildman–Crippen LogP) is 2.58. The first-order valence-electron chi connectivity index (χ1n) is 8.98. The normalized spacial score (nSPS) is 23.9. The largest absolute Gasteiger partial charge is 0.338 e. The Balaban J connectivity index is 1.62. The average molecular weight is 325 g/mol. The summed E-state index contributed by atoms with van der Waals surface area (Å²) in [5, 5.41) is 0. The number of hydrogen-bond donors (Lipinski definition) is 0. The van der Waals surface area contributed by atoms with Crippen LogP contribution in [0.1, 0.15) is 38.5 Å². The van der Waals surface area contributed by atoms with Gasteiger partial charge < -0.3 is 4.90 Å². The van der Waals surface area contributed by atoms with Gasteiger partial charge in [-0.3, -0.25) is 14.2 Å². The number of fused-ring (bicyclic) bond motifs is 2. The van der Waals surface area contributed by atoms with E-state index in [4.69, 9.17) is 0 Å². The zero-order valence-electron chi connectivity index (χ0n) is 13.9. The monoisotopic (exact) mass is 325 g/mol. The van der Waals surface area contributed by atoms with Gasteiger partial charge in [-0.15, -0.1) is 0 Å². The summed E-state index contributed by atoms with van der Waals surface area (Å²) in [4.78, 5) is 31.4. The van der Waals surface area contributed by atoms with Crippen molar-refractivity contribution in [3.8, 4) is 0 Å². The lowest BCUT2D eigenvalue weighted by Crippen LogP contribution is -2.51. The smallest absolute Gasteiger partial charge is 0.269 e. The lowest BCUT2D eigenvalue weighted by Gasteiger charge is -2.44. The van der Waals surface area contributed by atoms with Gasteiger partial charge in [0, 0.05) is 12.6 Å². The maximum absolute atomic E-state index is 13.0. The van der Waals surface area contributed by atoms with Crippen LogP contribution < -0.4 is 5.56 Å². The summed E-state index contributed by atoms with van der Waals surface area (Å²) >= 11 is 0. The molecule has 0 radical (unpaired) electrons. The molecule has 24 heavy (non-hydrogen) atoms. The second-order valence-electron chi connectivity index (χ2n) is 7.01. The van der Waals surface area contributed by atoms with E-state index in [0.717, 1.165) is 30.4 Å². The van der Waals surface area contributed by atoms with Gasteiger partial charge in [0.25, 0.3) is 5.56 Å². The molecule has 2 heterocycles. The highest BCUT2D eigenvalue weighted by atomic mass is 16.2. The van der Waals surface area contributed by atoms with Gasteiger partial charge in [-0.25, -0.2) is 4.98 Å². The zero-order chi connectivity index (χ0) is 16.5. The predicted molar refractivity (Wildman–Crippen MR) is 92.7 cm³/mol. The molecule has 2 aliphatic rings. The standard InChI is InChI=1S/C19H23N3O2/c23-18-12-20-15-8-2-4-10-17(15)22(18)13-19(24)21-11-5-7-14-6-1-3-9-16(14)21/h2,4,8,10,12,14,16H,1,3,5-7,9,11,13H2/t14-,16-/m0/s1. The molecule has 0 spiro atoms. The molecule has 1 saturated heterocycles. The van der Waals surface area contributed by atoms with E-state index in [2.05, 4.69) is 9.88 Å². The molecule has 0 bridgehead atoms. The third kappa shape index (κ3) is 2.72. The third-order valence-corrected chi connectivity index (χ3v) is 5.61. The fraction of sp³-hybridized carbons (Fsp3) is 0.526. The second kappa shape index (κ2) is 6.38. The fourth-order valence-corrected chi connectivity index (χ4v) is 4.44. The number of amides is 1. The molecule has 1 amide bonds. The number of aromatic nitrogens is 2. The lowest BCUT2D eigenvalue weighted by atomic mass is 9.78. The van der Waals surface area contributed by atoms with E-state index >= 15 is 0 Å². The van der Waals surface area contributed by atoms with Gasteiger partial charge in [0.15, 0.2) is 0 Å². The van der Waals surface area contributed by atoms with Gasteiger partial charge in [0.1, 0.15) is 6.54 Å². The topological polar surface area (TPSA) is 55.2 Å². The Labute approximate surface area is 141 Å². The summed E-state index contributed by atoms with van der Waals surface area (Å²) in [6.07, 6.45) is 8.50. The number of benzene rings is 1. The van der Waals surface area contributed by atoms with Gasteiger partial charge in [-0.05, 0) is 43.7 Å². The molecule has 2 fully saturated rings. The van der Waals surface area contributed by atoms with Crippen LogP contribution >= 0.6 is 0 Å². The Morgan fingerprint density at radius 2 is 1.92 bits per heavy atom. The van der Waals surface area contributed by atoms with Crippen LogP contribution in [-0.4, -0.2) is 32.9 Å². The van der Waals surface area contributed by atoms with Crippen LogP contribution in [0, 0.1) is 5.92 Å². The number of likely N-dealkylation sites (tertiary alicyclic amines) is 1. The second-order valence-corrected chi connectivity index (χ2v) is 7.01. The molecule has 1 aliphatic heterocycles. The minimum absolute atomic E-state index is 0.0741. The SMILES string of the molecule is O=C(Cn1c(=O)cnc2ccccc21)N1CCC[C@@H]2CCCC[C@@H]21. The van der Waals surface area contributed by atoms with Gasteiger partial charge >= 0.3 is 0 Å². The van der Waals surface area contributed by atoms with Crippen molar-refractivity contribution in [3.63, 3.8) is 0 Å². The minimum atomic E-state index is -0.209. The van der Waals surface area contributed by atoms with Crippen molar-refractivity contribution in [2.24, 2.45) is 5.92 Å². The molecule has 1 aliphatic carbocycles. The quantitative estimate of drug-likeness (QED) is 0.853. The van der Waals surface area contributed by atoms with Crippen LogP contribution in [-0.2, 0) is 11.3 Å². The molecule has 2 atom stereocenters. The van der Waals surface area contributed by atoms with E-state index in [1.54, 1.807) is 4.57 Å². The van der Waals surface area contributed by atoms with Crippen LogP contribution in [0.25, 0.3) is 11.0 Å². The third-order valence-electron chi connectivity index (χ3n) is 5.61. The molecule has 5 nitrogen and oxygen atoms in total. The Bertz CT molecular complexity index is 812. The summed E-state index contributed by atoms with van der Waals surface area (Å²) in [6, 6.07) is 7.87. The van der Waals surface area contributed by atoms with Crippen molar-refractivity contribution in [2.45, 2.75) is 51.1 Å². The Kier molecular flexibility index (Phi) is 4.08.